The van der Waals surface area contributed by atoms with Crippen molar-refractivity contribution < 1.29 is 22.8 Å². The van der Waals surface area contributed by atoms with Gasteiger partial charge in [0.05, 0.1) is 12.1 Å². The van der Waals surface area contributed by atoms with Gasteiger partial charge in [0.1, 0.15) is 10.7 Å². The maximum Gasteiger partial charge on any atom is 0.416 e. The fourth-order valence-electron chi connectivity index (χ4n) is 2.54. The number of amides is 2. The molecule has 3 rings (SSSR count). The Morgan fingerprint density at radius 1 is 0.964 bits per heavy atom. The van der Waals surface area contributed by atoms with Gasteiger partial charge in [-0.05, 0) is 35.9 Å². The smallest absolute Gasteiger partial charge is 0.350 e. The Kier molecular flexibility index (Phi) is 5.61. The van der Waals surface area contributed by atoms with E-state index < -0.39 is 28.6 Å². The standard InChI is InChI=1S/C18H10Cl3F3N2O2/c19-11-5-4-9(13(20)7-11)8-26-16(27)14(21)15(17(26)28)25-12-3-1-2-10(6-12)18(22,23)24/h1-7,25H,8H2. The minimum Gasteiger partial charge on any atom is -0.350 e. The third-order valence-corrected chi connectivity index (χ3v) is 4.85. The van der Waals surface area contributed by atoms with E-state index in [9.17, 15) is 22.8 Å². The van der Waals surface area contributed by atoms with Gasteiger partial charge in [-0.25, -0.2) is 0 Å². The summed E-state index contributed by atoms with van der Waals surface area (Å²) < 4.78 is 38.6. The molecule has 1 heterocycles. The summed E-state index contributed by atoms with van der Waals surface area (Å²) >= 11 is 17.8. The molecule has 2 aromatic carbocycles. The van der Waals surface area contributed by atoms with Crippen LogP contribution < -0.4 is 5.32 Å². The number of carbonyl (C=O) groups excluding carboxylic acids is 2. The van der Waals surface area contributed by atoms with Crippen LogP contribution in [0.25, 0.3) is 0 Å². The van der Waals surface area contributed by atoms with Crippen molar-refractivity contribution in [2.75, 3.05) is 5.32 Å². The van der Waals surface area contributed by atoms with E-state index in [1.807, 2.05) is 0 Å². The van der Waals surface area contributed by atoms with Crippen molar-refractivity contribution in [1.82, 2.24) is 4.90 Å². The number of hydrogen-bond donors (Lipinski definition) is 1. The van der Waals surface area contributed by atoms with Crippen LogP contribution in [0.3, 0.4) is 0 Å². The Hall–Kier alpha value is -2.22. The van der Waals surface area contributed by atoms with Crippen LogP contribution in [0.5, 0.6) is 0 Å². The van der Waals surface area contributed by atoms with Gasteiger partial charge in [0, 0.05) is 15.7 Å². The first-order chi connectivity index (χ1) is 13.1. The molecule has 10 heteroatoms. The lowest BCUT2D eigenvalue weighted by Gasteiger charge is -2.16. The number of halogens is 6. The van der Waals surface area contributed by atoms with Gasteiger partial charge in [-0.1, -0.05) is 46.9 Å². The highest BCUT2D eigenvalue weighted by molar-refractivity contribution is 6.48. The molecule has 28 heavy (non-hydrogen) atoms. The van der Waals surface area contributed by atoms with Crippen molar-refractivity contribution in [1.29, 1.82) is 0 Å². The Bertz CT molecular complexity index is 1010. The zero-order chi connectivity index (χ0) is 20.6. The maximum atomic E-state index is 12.9. The first-order valence-corrected chi connectivity index (χ1v) is 8.85. The van der Waals surface area contributed by atoms with Crippen LogP contribution in [0.15, 0.2) is 53.2 Å². The molecule has 0 atom stereocenters. The molecular formula is C18H10Cl3F3N2O2. The van der Waals surface area contributed by atoms with Crippen molar-refractivity contribution in [2.45, 2.75) is 12.7 Å². The summed E-state index contributed by atoms with van der Waals surface area (Å²) in [5, 5.41) is 2.72. The maximum absolute atomic E-state index is 12.9. The van der Waals surface area contributed by atoms with E-state index in [2.05, 4.69) is 5.32 Å². The first-order valence-electron chi connectivity index (χ1n) is 7.72. The summed E-state index contributed by atoms with van der Waals surface area (Å²) in [5.41, 5.74) is -0.792. The minimum atomic E-state index is -4.55. The minimum absolute atomic E-state index is 0.0319. The van der Waals surface area contributed by atoms with E-state index in [0.29, 0.717) is 10.6 Å². The number of alkyl halides is 3. The van der Waals surface area contributed by atoms with Crippen LogP contribution in [-0.4, -0.2) is 16.7 Å². The third-order valence-electron chi connectivity index (χ3n) is 3.91. The number of carbonyl (C=O) groups is 2. The van der Waals surface area contributed by atoms with Gasteiger partial charge in [0.15, 0.2) is 0 Å². The second-order valence-corrected chi connectivity index (χ2v) is 7.05. The lowest BCUT2D eigenvalue weighted by molar-refractivity contribution is -0.138. The molecule has 146 valence electrons. The number of hydrogen-bond acceptors (Lipinski definition) is 3. The Balaban J connectivity index is 1.84. The topological polar surface area (TPSA) is 49.4 Å². The Labute approximate surface area is 172 Å². The van der Waals surface area contributed by atoms with Gasteiger partial charge < -0.3 is 5.32 Å². The number of benzene rings is 2. The van der Waals surface area contributed by atoms with Crippen LogP contribution in [0.2, 0.25) is 10.0 Å². The first kappa shape index (κ1) is 20.5. The average molecular weight is 450 g/mol. The molecule has 1 aliphatic rings. The van der Waals surface area contributed by atoms with E-state index in [0.717, 1.165) is 17.0 Å². The van der Waals surface area contributed by atoms with E-state index in [1.165, 1.54) is 18.2 Å². The molecule has 0 saturated heterocycles. The molecule has 0 fully saturated rings. The van der Waals surface area contributed by atoms with Crippen LogP contribution in [0.4, 0.5) is 18.9 Å². The molecule has 0 spiro atoms. The quantitative estimate of drug-likeness (QED) is 0.632. The van der Waals surface area contributed by atoms with Crippen molar-refractivity contribution in [2.24, 2.45) is 0 Å². The molecule has 0 unspecified atom stereocenters. The predicted octanol–water partition coefficient (Wildman–Crippen LogP) is 5.44. The second kappa shape index (κ2) is 7.66. The molecule has 1 aliphatic heterocycles. The number of imide groups is 1. The van der Waals surface area contributed by atoms with E-state index in [-0.39, 0.29) is 23.0 Å². The van der Waals surface area contributed by atoms with Crippen molar-refractivity contribution in [3.63, 3.8) is 0 Å². The SMILES string of the molecule is O=C1C(Cl)=C(Nc2cccc(C(F)(F)F)c2)C(=O)N1Cc1ccc(Cl)cc1Cl. The Morgan fingerprint density at radius 3 is 2.32 bits per heavy atom. The van der Waals surface area contributed by atoms with Crippen molar-refractivity contribution in [3.8, 4) is 0 Å². The van der Waals surface area contributed by atoms with Crippen LogP contribution in [0.1, 0.15) is 11.1 Å². The summed E-state index contributed by atoms with van der Waals surface area (Å²) in [4.78, 5) is 25.8. The zero-order valence-electron chi connectivity index (χ0n) is 13.8. The molecule has 0 bridgehead atoms. The van der Waals surface area contributed by atoms with Gasteiger partial charge in [0.25, 0.3) is 11.8 Å². The average Bonchev–Trinajstić information content (AvgIpc) is 2.81. The van der Waals surface area contributed by atoms with E-state index in [4.69, 9.17) is 34.8 Å². The summed E-state index contributed by atoms with van der Waals surface area (Å²) in [5.74, 6) is -1.56. The molecule has 2 aromatic rings. The van der Waals surface area contributed by atoms with Gasteiger partial charge in [-0.2, -0.15) is 13.2 Å². The van der Waals surface area contributed by atoms with Gasteiger partial charge in [0.2, 0.25) is 0 Å². The van der Waals surface area contributed by atoms with Crippen molar-refractivity contribution >= 4 is 52.3 Å². The van der Waals surface area contributed by atoms with Crippen LogP contribution >= 0.6 is 34.8 Å². The number of anilines is 1. The molecular weight excluding hydrogens is 440 g/mol. The Morgan fingerprint density at radius 2 is 1.68 bits per heavy atom. The number of nitrogens with one attached hydrogen (secondary N) is 1. The van der Waals surface area contributed by atoms with E-state index in [1.54, 1.807) is 12.1 Å². The largest absolute Gasteiger partial charge is 0.416 e. The van der Waals surface area contributed by atoms with Crippen LogP contribution in [-0.2, 0) is 22.3 Å². The molecule has 0 aromatic heterocycles. The van der Waals surface area contributed by atoms with E-state index >= 15 is 0 Å². The number of nitrogens with zero attached hydrogens (tertiary/aromatic N) is 1. The monoisotopic (exact) mass is 448 g/mol. The fourth-order valence-corrected chi connectivity index (χ4v) is 3.23. The predicted molar refractivity (Wildman–Crippen MR) is 100.0 cm³/mol. The highest BCUT2D eigenvalue weighted by atomic mass is 35.5. The third kappa shape index (κ3) is 4.11. The number of rotatable bonds is 4. The summed E-state index contributed by atoms with van der Waals surface area (Å²) in [6.07, 6.45) is -4.55. The lowest BCUT2D eigenvalue weighted by atomic mass is 10.2. The molecule has 0 aliphatic carbocycles. The molecule has 4 nitrogen and oxygen atoms in total. The fraction of sp³-hybridized carbons (Fsp3) is 0.111. The second-order valence-electron chi connectivity index (χ2n) is 5.82. The normalized spacial score (nSPS) is 14.9. The highest BCUT2D eigenvalue weighted by Crippen LogP contribution is 2.33. The molecule has 0 radical (unpaired) electrons. The molecule has 1 N–H and O–H groups in total. The highest BCUT2D eigenvalue weighted by Gasteiger charge is 2.38. The summed E-state index contributed by atoms with van der Waals surface area (Å²) in [7, 11) is 0. The lowest BCUT2D eigenvalue weighted by Crippen LogP contribution is -2.32. The zero-order valence-corrected chi connectivity index (χ0v) is 16.0. The van der Waals surface area contributed by atoms with Gasteiger partial charge >= 0.3 is 6.18 Å². The van der Waals surface area contributed by atoms with Crippen LogP contribution in [0, 0.1) is 0 Å². The van der Waals surface area contributed by atoms with Gasteiger partial charge in [-0.3, -0.25) is 14.5 Å². The summed E-state index contributed by atoms with van der Waals surface area (Å²) in [6.45, 7) is -0.169. The molecule has 2 amide bonds. The molecule has 0 saturated carbocycles. The van der Waals surface area contributed by atoms with Crippen molar-refractivity contribution in [3.05, 3.63) is 74.4 Å². The van der Waals surface area contributed by atoms with Gasteiger partial charge in [-0.15, -0.1) is 0 Å². The summed E-state index contributed by atoms with van der Waals surface area (Å²) in [6, 6.07) is 8.75.